The standard InChI is InChI=1S/C20H19ClN4O4/c1-12(26)13-4-9-18(29-3)16(10-13)22-20(27)19-17(11-28-2)25(24-23-19)15-7-5-14(21)6-8-15/h4-10H,11H2,1-3H3,(H,22,27). The average molecular weight is 415 g/mol. The van der Waals surface area contributed by atoms with E-state index in [2.05, 4.69) is 15.6 Å². The number of carbonyl (C=O) groups is 2. The summed E-state index contributed by atoms with van der Waals surface area (Å²) in [5.74, 6) is -0.213. The number of aromatic nitrogens is 3. The highest BCUT2D eigenvalue weighted by Crippen LogP contribution is 2.27. The van der Waals surface area contributed by atoms with Crippen LogP contribution in [-0.4, -0.2) is 40.9 Å². The van der Waals surface area contributed by atoms with Gasteiger partial charge in [0.2, 0.25) is 0 Å². The molecule has 0 atom stereocenters. The number of anilines is 1. The second-order valence-electron chi connectivity index (χ2n) is 6.13. The second-order valence-corrected chi connectivity index (χ2v) is 6.57. The molecule has 29 heavy (non-hydrogen) atoms. The van der Waals surface area contributed by atoms with Crippen LogP contribution in [0.1, 0.15) is 33.5 Å². The van der Waals surface area contributed by atoms with Gasteiger partial charge in [-0.15, -0.1) is 5.10 Å². The highest BCUT2D eigenvalue weighted by Gasteiger charge is 2.22. The lowest BCUT2D eigenvalue weighted by atomic mass is 10.1. The van der Waals surface area contributed by atoms with E-state index in [1.165, 1.54) is 25.8 Å². The van der Waals surface area contributed by atoms with Crippen LogP contribution in [0.3, 0.4) is 0 Å². The smallest absolute Gasteiger partial charge is 0.278 e. The number of ether oxygens (including phenoxy) is 2. The first-order valence-electron chi connectivity index (χ1n) is 8.64. The van der Waals surface area contributed by atoms with Gasteiger partial charge < -0.3 is 14.8 Å². The maximum Gasteiger partial charge on any atom is 0.278 e. The number of nitrogens with zero attached hydrogens (tertiary/aromatic N) is 3. The van der Waals surface area contributed by atoms with E-state index in [1.54, 1.807) is 42.5 Å². The largest absolute Gasteiger partial charge is 0.495 e. The SMILES string of the molecule is COCc1c(C(=O)Nc2cc(C(C)=O)ccc2OC)nnn1-c1ccc(Cl)cc1. The third-order valence-corrected chi connectivity index (χ3v) is 4.44. The summed E-state index contributed by atoms with van der Waals surface area (Å²) in [7, 11) is 2.99. The van der Waals surface area contributed by atoms with Crippen LogP contribution in [0.25, 0.3) is 5.69 Å². The number of halogens is 1. The van der Waals surface area contributed by atoms with Crippen molar-refractivity contribution in [3.63, 3.8) is 0 Å². The lowest BCUT2D eigenvalue weighted by Crippen LogP contribution is -2.17. The fourth-order valence-electron chi connectivity index (χ4n) is 2.74. The van der Waals surface area contributed by atoms with Gasteiger partial charge >= 0.3 is 0 Å². The molecule has 3 aromatic rings. The number of benzene rings is 2. The molecule has 2 aromatic carbocycles. The molecular formula is C20H19ClN4O4. The van der Waals surface area contributed by atoms with Gasteiger partial charge in [-0.2, -0.15) is 0 Å². The molecule has 0 spiro atoms. The number of amides is 1. The molecule has 1 N–H and O–H groups in total. The summed E-state index contributed by atoms with van der Waals surface area (Å²) in [6.45, 7) is 1.56. The monoisotopic (exact) mass is 414 g/mol. The van der Waals surface area contributed by atoms with Crippen LogP contribution in [0.15, 0.2) is 42.5 Å². The number of rotatable bonds is 7. The van der Waals surface area contributed by atoms with Gasteiger partial charge in [-0.05, 0) is 49.4 Å². The fraction of sp³-hybridized carbons (Fsp3) is 0.200. The zero-order valence-electron chi connectivity index (χ0n) is 16.1. The zero-order valence-corrected chi connectivity index (χ0v) is 16.9. The number of hydrogen-bond acceptors (Lipinski definition) is 6. The first-order chi connectivity index (χ1) is 13.9. The number of hydrogen-bond donors (Lipinski definition) is 1. The molecule has 0 unspecified atom stereocenters. The molecule has 3 rings (SSSR count). The van der Waals surface area contributed by atoms with Gasteiger partial charge in [0.05, 0.1) is 25.1 Å². The van der Waals surface area contributed by atoms with Crippen molar-refractivity contribution >= 4 is 29.0 Å². The summed E-state index contributed by atoms with van der Waals surface area (Å²) in [6.07, 6.45) is 0. The summed E-state index contributed by atoms with van der Waals surface area (Å²) in [4.78, 5) is 24.6. The molecule has 1 amide bonds. The van der Waals surface area contributed by atoms with Crippen LogP contribution in [0.2, 0.25) is 5.02 Å². The Morgan fingerprint density at radius 2 is 1.86 bits per heavy atom. The molecule has 8 nitrogen and oxygen atoms in total. The molecule has 0 bridgehead atoms. The van der Waals surface area contributed by atoms with Crippen molar-refractivity contribution in [1.29, 1.82) is 0 Å². The second kappa shape index (κ2) is 8.85. The first-order valence-corrected chi connectivity index (χ1v) is 9.02. The van der Waals surface area contributed by atoms with E-state index in [0.29, 0.717) is 33.4 Å². The predicted molar refractivity (Wildman–Crippen MR) is 108 cm³/mol. The summed E-state index contributed by atoms with van der Waals surface area (Å²) >= 11 is 5.94. The van der Waals surface area contributed by atoms with Gasteiger partial charge in [0.1, 0.15) is 11.4 Å². The lowest BCUT2D eigenvalue weighted by molar-refractivity contribution is 0.100. The van der Waals surface area contributed by atoms with Gasteiger partial charge in [0.15, 0.2) is 11.5 Å². The van der Waals surface area contributed by atoms with Crippen molar-refractivity contribution in [2.45, 2.75) is 13.5 Å². The van der Waals surface area contributed by atoms with Gasteiger partial charge in [0, 0.05) is 17.7 Å². The van der Waals surface area contributed by atoms with Crippen LogP contribution in [0.4, 0.5) is 5.69 Å². The Kier molecular flexibility index (Phi) is 6.26. The van der Waals surface area contributed by atoms with Crippen molar-refractivity contribution in [3.05, 3.63) is 64.4 Å². The number of Topliss-reactive ketones (excluding diaryl/α,β-unsaturated/α-hetero) is 1. The van der Waals surface area contributed by atoms with Gasteiger partial charge in [-0.1, -0.05) is 16.8 Å². The zero-order chi connectivity index (χ0) is 21.0. The Labute approximate surface area is 172 Å². The van der Waals surface area contributed by atoms with Crippen molar-refractivity contribution in [2.75, 3.05) is 19.5 Å². The fourth-order valence-corrected chi connectivity index (χ4v) is 2.87. The minimum Gasteiger partial charge on any atom is -0.495 e. The Balaban J connectivity index is 1.97. The van der Waals surface area contributed by atoms with Crippen molar-refractivity contribution < 1.29 is 19.1 Å². The number of ketones is 1. The summed E-state index contributed by atoms with van der Waals surface area (Å²) in [5, 5.41) is 11.4. The molecule has 0 aliphatic heterocycles. The van der Waals surface area contributed by atoms with Crippen molar-refractivity contribution in [1.82, 2.24) is 15.0 Å². The van der Waals surface area contributed by atoms with E-state index in [1.807, 2.05) is 0 Å². The number of methoxy groups -OCH3 is 2. The molecule has 0 aliphatic rings. The maximum absolute atomic E-state index is 12.9. The van der Waals surface area contributed by atoms with E-state index in [0.717, 1.165) is 0 Å². The van der Waals surface area contributed by atoms with E-state index >= 15 is 0 Å². The molecule has 150 valence electrons. The molecule has 0 aliphatic carbocycles. The molecule has 1 aromatic heterocycles. The Morgan fingerprint density at radius 3 is 2.48 bits per heavy atom. The summed E-state index contributed by atoms with van der Waals surface area (Å²) < 4.78 is 12.0. The minimum absolute atomic E-state index is 0.0945. The minimum atomic E-state index is -0.503. The highest BCUT2D eigenvalue weighted by atomic mass is 35.5. The van der Waals surface area contributed by atoms with Gasteiger partial charge in [-0.25, -0.2) is 4.68 Å². The maximum atomic E-state index is 12.9. The topological polar surface area (TPSA) is 95.3 Å². The van der Waals surface area contributed by atoms with Crippen LogP contribution < -0.4 is 10.1 Å². The highest BCUT2D eigenvalue weighted by molar-refractivity contribution is 6.30. The van der Waals surface area contributed by atoms with E-state index in [-0.39, 0.29) is 18.1 Å². The Hall–Kier alpha value is -3.23. The third-order valence-electron chi connectivity index (χ3n) is 4.18. The number of carbonyl (C=O) groups excluding carboxylic acids is 2. The van der Waals surface area contributed by atoms with Gasteiger partial charge in [0.25, 0.3) is 5.91 Å². The lowest BCUT2D eigenvalue weighted by Gasteiger charge is -2.11. The third kappa shape index (κ3) is 4.44. The predicted octanol–water partition coefficient (Wildman–Crippen LogP) is 3.53. The first kappa shape index (κ1) is 20.5. The van der Waals surface area contributed by atoms with Gasteiger partial charge in [-0.3, -0.25) is 9.59 Å². The van der Waals surface area contributed by atoms with Crippen molar-refractivity contribution in [3.8, 4) is 11.4 Å². The van der Waals surface area contributed by atoms with Crippen molar-refractivity contribution in [2.24, 2.45) is 0 Å². The number of nitrogens with one attached hydrogen (secondary N) is 1. The normalized spacial score (nSPS) is 10.6. The Morgan fingerprint density at radius 1 is 1.14 bits per heavy atom. The molecular weight excluding hydrogens is 396 g/mol. The molecule has 9 heteroatoms. The molecule has 1 heterocycles. The van der Waals surface area contributed by atoms with E-state index in [4.69, 9.17) is 21.1 Å². The molecule has 0 saturated heterocycles. The Bertz CT molecular complexity index is 1050. The molecule has 0 radical (unpaired) electrons. The van der Waals surface area contributed by atoms with Crippen LogP contribution in [0.5, 0.6) is 5.75 Å². The molecule has 0 fully saturated rings. The average Bonchev–Trinajstić information content (AvgIpc) is 3.12. The van der Waals surface area contributed by atoms with Crippen LogP contribution in [0, 0.1) is 0 Å². The summed E-state index contributed by atoms with van der Waals surface area (Å²) in [5.41, 5.74) is 2.05. The summed E-state index contributed by atoms with van der Waals surface area (Å²) in [6, 6.07) is 11.8. The van der Waals surface area contributed by atoms with E-state index < -0.39 is 5.91 Å². The van der Waals surface area contributed by atoms with Crippen LogP contribution >= 0.6 is 11.6 Å². The molecule has 0 saturated carbocycles. The van der Waals surface area contributed by atoms with E-state index in [9.17, 15) is 9.59 Å². The quantitative estimate of drug-likeness (QED) is 0.594. The van der Waals surface area contributed by atoms with Crippen LogP contribution in [-0.2, 0) is 11.3 Å².